The van der Waals surface area contributed by atoms with Crippen LogP contribution in [0, 0.1) is 6.92 Å². The number of hydrogen-bond donors (Lipinski definition) is 0. The molecular weight excluding hydrogens is 462 g/mol. The van der Waals surface area contributed by atoms with Gasteiger partial charge in [0.15, 0.2) is 15.5 Å². The number of amides is 1. The van der Waals surface area contributed by atoms with Crippen LogP contribution in [0.5, 0.6) is 0 Å². The van der Waals surface area contributed by atoms with Crippen LogP contribution in [0.25, 0.3) is 0 Å². The standard InChI is InChI=1S/C20H24ClN3O5S2/c1-3-9-31(28,29)20-22-11-17(21)18(23-20)19(25)24(16-8-10-30(26,27)13-16)12-15-6-4-14(2)5-7-15/h4-7,11,16H,3,8-10,12-13H2,1-2H3/t16-/m0/s1. The summed E-state index contributed by atoms with van der Waals surface area (Å²) in [6.07, 6.45) is 1.76. The van der Waals surface area contributed by atoms with E-state index in [4.69, 9.17) is 11.6 Å². The fraction of sp³-hybridized carbons (Fsp3) is 0.450. The van der Waals surface area contributed by atoms with Crippen molar-refractivity contribution in [3.63, 3.8) is 0 Å². The number of halogens is 1. The quantitative estimate of drug-likeness (QED) is 0.553. The van der Waals surface area contributed by atoms with Gasteiger partial charge in [0.1, 0.15) is 0 Å². The average molecular weight is 486 g/mol. The molecule has 2 heterocycles. The first-order valence-electron chi connectivity index (χ1n) is 9.84. The Labute approximate surface area is 187 Å². The van der Waals surface area contributed by atoms with Crippen LogP contribution in [0.4, 0.5) is 0 Å². The van der Waals surface area contributed by atoms with Crippen molar-refractivity contribution in [3.05, 3.63) is 52.3 Å². The van der Waals surface area contributed by atoms with E-state index in [1.165, 1.54) is 4.90 Å². The smallest absolute Gasteiger partial charge is 0.274 e. The van der Waals surface area contributed by atoms with E-state index in [2.05, 4.69) is 9.97 Å². The van der Waals surface area contributed by atoms with Gasteiger partial charge in [-0.1, -0.05) is 48.4 Å². The zero-order chi connectivity index (χ0) is 22.8. The number of aromatic nitrogens is 2. The highest BCUT2D eigenvalue weighted by atomic mass is 35.5. The van der Waals surface area contributed by atoms with Crippen molar-refractivity contribution in [1.29, 1.82) is 0 Å². The van der Waals surface area contributed by atoms with Gasteiger partial charge in [0.2, 0.25) is 15.0 Å². The van der Waals surface area contributed by atoms with E-state index in [9.17, 15) is 21.6 Å². The molecule has 3 rings (SSSR count). The van der Waals surface area contributed by atoms with Crippen LogP contribution in [-0.4, -0.2) is 60.9 Å². The number of benzene rings is 1. The van der Waals surface area contributed by atoms with Gasteiger partial charge in [-0.05, 0) is 25.3 Å². The monoisotopic (exact) mass is 485 g/mol. The van der Waals surface area contributed by atoms with Crippen molar-refractivity contribution < 1.29 is 21.6 Å². The normalized spacial score (nSPS) is 18.1. The number of sulfone groups is 2. The predicted molar refractivity (Wildman–Crippen MR) is 117 cm³/mol. The van der Waals surface area contributed by atoms with E-state index in [0.29, 0.717) is 12.8 Å². The first-order valence-corrected chi connectivity index (χ1v) is 13.7. The molecule has 1 fully saturated rings. The van der Waals surface area contributed by atoms with Crippen molar-refractivity contribution in [2.45, 2.75) is 44.4 Å². The predicted octanol–water partition coefficient (Wildman–Crippen LogP) is 2.45. The number of carbonyl (C=O) groups excluding carboxylic acids is 1. The van der Waals surface area contributed by atoms with Crippen molar-refractivity contribution in [3.8, 4) is 0 Å². The summed E-state index contributed by atoms with van der Waals surface area (Å²) in [6.45, 7) is 3.80. The van der Waals surface area contributed by atoms with Crippen LogP contribution in [0.15, 0.2) is 35.6 Å². The minimum absolute atomic E-state index is 0.0109. The van der Waals surface area contributed by atoms with Crippen LogP contribution in [0.3, 0.4) is 0 Å². The van der Waals surface area contributed by atoms with Crippen molar-refractivity contribution in [2.75, 3.05) is 17.3 Å². The van der Waals surface area contributed by atoms with Gasteiger partial charge in [0.05, 0.1) is 28.5 Å². The maximum Gasteiger partial charge on any atom is 0.274 e. The highest BCUT2D eigenvalue weighted by Gasteiger charge is 2.36. The molecule has 168 valence electrons. The molecule has 1 saturated heterocycles. The second kappa shape index (κ2) is 9.22. The van der Waals surface area contributed by atoms with Crippen LogP contribution in [-0.2, 0) is 26.2 Å². The molecule has 0 saturated carbocycles. The van der Waals surface area contributed by atoms with Gasteiger partial charge in [-0.2, -0.15) is 0 Å². The van der Waals surface area contributed by atoms with Gasteiger partial charge in [-0.15, -0.1) is 0 Å². The van der Waals surface area contributed by atoms with Gasteiger partial charge in [0, 0.05) is 12.6 Å². The molecule has 1 amide bonds. The minimum Gasteiger partial charge on any atom is -0.329 e. The lowest BCUT2D eigenvalue weighted by atomic mass is 10.1. The molecule has 1 aromatic carbocycles. The molecule has 0 bridgehead atoms. The Morgan fingerprint density at radius 2 is 1.94 bits per heavy atom. The summed E-state index contributed by atoms with van der Waals surface area (Å²) in [4.78, 5) is 22.6. The van der Waals surface area contributed by atoms with Crippen LogP contribution >= 0.6 is 11.6 Å². The fourth-order valence-corrected chi connectivity index (χ4v) is 6.49. The maximum atomic E-state index is 13.4. The number of rotatable bonds is 7. The third-order valence-corrected chi connectivity index (χ3v) is 8.78. The number of aryl methyl sites for hydroxylation is 1. The molecule has 1 aromatic heterocycles. The van der Waals surface area contributed by atoms with Gasteiger partial charge >= 0.3 is 0 Å². The molecule has 11 heteroatoms. The fourth-order valence-electron chi connectivity index (χ4n) is 3.42. The zero-order valence-corrected chi connectivity index (χ0v) is 19.7. The van der Waals surface area contributed by atoms with E-state index in [0.717, 1.165) is 17.3 Å². The first-order chi connectivity index (χ1) is 14.5. The van der Waals surface area contributed by atoms with E-state index in [-0.39, 0.29) is 34.5 Å². The molecule has 1 aliphatic rings. The third kappa shape index (κ3) is 5.61. The first kappa shape index (κ1) is 23.6. The topological polar surface area (TPSA) is 114 Å². The lowest BCUT2D eigenvalue weighted by Crippen LogP contribution is -2.41. The summed E-state index contributed by atoms with van der Waals surface area (Å²) in [5, 5.41) is -0.549. The summed E-state index contributed by atoms with van der Waals surface area (Å²) in [5.74, 6) is -0.948. The van der Waals surface area contributed by atoms with Crippen LogP contribution in [0.1, 0.15) is 41.4 Å². The summed E-state index contributed by atoms with van der Waals surface area (Å²) >= 11 is 6.16. The molecule has 1 atom stereocenters. The van der Waals surface area contributed by atoms with E-state index >= 15 is 0 Å². The largest absolute Gasteiger partial charge is 0.329 e. The van der Waals surface area contributed by atoms with Gasteiger partial charge in [0.25, 0.3) is 5.91 Å². The third-order valence-electron chi connectivity index (χ3n) is 5.06. The SMILES string of the molecule is CCCS(=O)(=O)c1ncc(Cl)c(C(=O)N(Cc2ccc(C)cc2)[C@H]2CCS(=O)(=O)C2)n1. The minimum atomic E-state index is -3.76. The Balaban J connectivity index is 2.00. The van der Waals surface area contributed by atoms with E-state index < -0.39 is 36.8 Å². The molecule has 0 unspecified atom stereocenters. The Morgan fingerprint density at radius 1 is 1.26 bits per heavy atom. The molecule has 0 radical (unpaired) electrons. The molecule has 0 spiro atoms. The lowest BCUT2D eigenvalue weighted by Gasteiger charge is -2.28. The second-order valence-corrected chi connectivity index (χ2v) is 12.3. The highest BCUT2D eigenvalue weighted by Crippen LogP contribution is 2.25. The Morgan fingerprint density at radius 3 is 2.52 bits per heavy atom. The second-order valence-electron chi connectivity index (χ2n) is 7.64. The number of carbonyl (C=O) groups is 1. The summed E-state index contributed by atoms with van der Waals surface area (Å²) < 4.78 is 48.9. The summed E-state index contributed by atoms with van der Waals surface area (Å²) in [6, 6.07) is 6.96. The van der Waals surface area contributed by atoms with Crippen molar-refractivity contribution >= 4 is 37.2 Å². The maximum absolute atomic E-state index is 13.4. The Bertz CT molecular complexity index is 1180. The molecule has 31 heavy (non-hydrogen) atoms. The van der Waals surface area contributed by atoms with Gasteiger partial charge < -0.3 is 4.90 Å². The highest BCUT2D eigenvalue weighted by molar-refractivity contribution is 7.91. The van der Waals surface area contributed by atoms with Gasteiger partial charge in [-0.25, -0.2) is 26.8 Å². The molecule has 1 aliphatic heterocycles. The van der Waals surface area contributed by atoms with E-state index in [1.54, 1.807) is 6.92 Å². The Kier molecular flexibility index (Phi) is 7.02. The van der Waals surface area contributed by atoms with E-state index in [1.807, 2.05) is 31.2 Å². The number of nitrogens with zero attached hydrogens (tertiary/aromatic N) is 3. The number of hydrogen-bond acceptors (Lipinski definition) is 7. The van der Waals surface area contributed by atoms with Crippen LogP contribution < -0.4 is 0 Å². The van der Waals surface area contributed by atoms with Crippen LogP contribution in [0.2, 0.25) is 5.02 Å². The molecular formula is C20H24ClN3O5S2. The van der Waals surface area contributed by atoms with Gasteiger partial charge in [-0.3, -0.25) is 4.79 Å². The molecule has 0 aliphatic carbocycles. The zero-order valence-electron chi connectivity index (χ0n) is 17.3. The molecule has 8 nitrogen and oxygen atoms in total. The molecule has 2 aromatic rings. The summed E-state index contributed by atoms with van der Waals surface area (Å²) in [5.41, 5.74) is 1.62. The van der Waals surface area contributed by atoms with Crippen molar-refractivity contribution in [1.82, 2.24) is 14.9 Å². The lowest BCUT2D eigenvalue weighted by molar-refractivity contribution is 0.0674. The molecule has 0 N–H and O–H groups in total. The summed E-state index contributed by atoms with van der Waals surface area (Å²) in [7, 11) is -7.02. The Hall–Kier alpha value is -2.04. The average Bonchev–Trinajstić information content (AvgIpc) is 3.06. The van der Waals surface area contributed by atoms with Crippen molar-refractivity contribution in [2.24, 2.45) is 0 Å².